The van der Waals surface area contributed by atoms with Gasteiger partial charge in [0.15, 0.2) is 0 Å². The maximum absolute atomic E-state index is 12.4. The highest BCUT2D eigenvalue weighted by atomic mass is 16.5. The number of quaternary nitrogens is 1. The third kappa shape index (κ3) is 4.50. The number of phenolic OH excluding ortho intramolecular Hbond substituents is 1. The number of nitrogens with zero attached hydrogens (tertiary/aromatic N) is 3. The zero-order valence-electron chi connectivity index (χ0n) is 19.5. The van der Waals surface area contributed by atoms with Crippen LogP contribution >= 0.6 is 0 Å². The number of carbonyl (C=O) groups excluding carboxylic acids is 2. The minimum absolute atomic E-state index is 0.0244. The fourth-order valence-corrected chi connectivity index (χ4v) is 4.17. The third-order valence-electron chi connectivity index (χ3n) is 6.17. The lowest BCUT2D eigenvalue weighted by atomic mass is 9.94. The normalized spacial score (nSPS) is 24.4. The lowest BCUT2D eigenvalue weighted by Crippen LogP contribution is -3.15. The number of aliphatic imine (C=N–C) groups is 2. The average molecular weight is 467 g/mol. The lowest BCUT2D eigenvalue weighted by Gasteiger charge is -2.24. The Kier molecular flexibility index (Phi) is 6.62. The Balaban J connectivity index is 1.70. The van der Waals surface area contributed by atoms with E-state index < -0.39 is 24.3 Å². The van der Waals surface area contributed by atoms with Gasteiger partial charge in [0.25, 0.3) is 12.2 Å². The van der Waals surface area contributed by atoms with E-state index in [2.05, 4.69) is 10.3 Å². The van der Waals surface area contributed by atoms with Gasteiger partial charge < -0.3 is 14.6 Å². The molecule has 2 aliphatic heterocycles. The van der Waals surface area contributed by atoms with E-state index in [0.29, 0.717) is 6.42 Å². The molecule has 0 aliphatic carbocycles. The maximum Gasteiger partial charge on any atom is 0.329 e. The van der Waals surface area contributed by atoms with E-state index in [-0.39, 0.29) is 17.6 Å². The van der Waals surface area contributed by atoms with E-state index in [9.17, 15) is 14.7 Å². The van der Waals surface area contributed by atoms with Gasteiger partial charge in [-0.1, -0.05) is 24.3 Å². The van der Waals surface area contributed by atoms with E-state index in [1.807, 2.05) is 43.4 Å². The number of amidine groups is 1. The number of nitrogens with one attached hydrogen (secondary N) is 2. The Hall–Kier alpha value is -3.76. The molecule has 4 atom stereocenters. The van der Waals surface area contributed by atoms with Gasteiger partial charge in [-0.05, 0) is 35.4 Å². The van der Waals surface area contributed by atoms with Crippen molar-refractivity contribution in [3.05, 3.63) is 59.7 Å². The van der Waals surface area contributed by atoms with Gasteiger partial charge >= 0.3 is 6.03 Å². The van der Waals surface area contributed by atoms with E-state index in [1.54, 1.807) is 26.4 Å². The fraction of sp³-hybridized carbons (Fsp3) is 0.333. The number of carbonyl (C=O) groups is 2. The van der Waals surface area contributed by atoms with E-state index in [0.717, 1.165) is 32.4 Å². The largest absolute Gasteiger partial charge is 0.508 e. The van der Waals surface area contributed by atoms with Crippen molar-refractivity contribution in [2.24, 2.45) is 9.98 Å². The van der Waals surface area contributed by atoms with Gasteiger partial charge in [0.05, 0.1) is 14.2 Å². The highest BCUT2D eigenvalue weighted by molar-refractivity contribution is 6.47. The van der Waals surface area contributed by atoms with Crippen LogP contribution in [-0.2, 0) is 16.0 Å². The molecule has 1 fully saturated rings. The number of hydrogen-bond donors (Lipinski definition) is 3. The smallest absolute Gasteiger partial charge is 0.329 e. The monoisotopic (exact) mass is 466 g/mol. The second-order valence-corrected chi connectivity index (χ2v) is 8.26. The van der Waals surface area contributed by atoms with Crippen molar-refractivity contribution in [3.63, 3.8) is 0 Å². The summed E-state index contributed by atoms with van der Waals surface area (Å²) in [7, 11) is 6.58. The van der Waals surface area contributed by atoms with Crippen molar-refractivity contribution in [1.82, 2.24) is 10.2 Å². The standard InChI is InChI=1S/C24H27N5O5/c1-28-18(13-14-5-9-16(30)10-6-14)19(20(34-4)15-7-11-17(33-3)12-8-15)25-23(28)26-21-22(31)29(2)24(32)27-21/h5-12,18,20,23,30H,13H2,1-4H3,(H,26,27,32)/p+1. The number of benzene rings is 2. The van der Waals surface area contributed by atoms with Crippen LogP contribution in [0, 0.1) is 0 Å². The molecule has 0 saturated carbocycles. The van der Waals surface area contributed by atoms with Crippen LogP contribution in [0.2, 0.25) is 0 Å². The molecule has 0 bridgehead atoms. The molecule has 2 heterocycles. The SMILES string of the molecule is COc1ccc(C(OC)C2=NC(N=C3NC(=O)N(C)C3=O)[NH+](C)C2Cc2ccc(O)cc2)cc1. The molecule has 10 nitrogen and oxygen atoms in total. The topological polar surface area (TPSA) is 117 Å². The van der Waals surface area contributed by atoms with E-state index in [4.69, 9.17) is 14.5 Å². The van der Waals surface area contributed by atoms with Gasteiger partial charge in [-0.25, -0.2) is 9.79 Å². The van der Waals surface area contributed by atoms with Gasteiger partial charge in [-0.15, -0.1) is 0 Å². The number of aromatic hydroxyl groups is 1. The van der Waals surface area contributed by atoms with Crippen molar-refractivity contribution in [3.8, 4) is 11.5 Å². The molecule has 1 saturated heterocycles. The molecule has 34 heavy (non-hydrogen) atoms. The molecular weight excluding hydrogens is 438 g/mol. The van der Waals surface area contributed by atoms with E-state index >= 15 is 0 Å². The summed E-state index contributed by atoms with van der Waals surface area (Å²) in [6.45, 7) is 0. The van der Waals surface area contributed by atoms with Crippen LogP contribution in [0.3, 0.4) is 0 Å². The van der Waals surface area contributed by atoms with Crippen LogP contribution in [-0.4, -0.2) is 74.1 Å². The number of rotatable bonds is 7. The first kappa shape index (κ1) is 23.4. The van der Waals surface area contributed by atoms with Gasteiger partial charge in [0.1, 0.15) is 29.4 Å². The van der Waals surface area contributed by atoms with Crippen LogP contribution in [0.4, 0.5) is 4.79 Å². The lowest BCUT2D eigenvalue weighted by molar-refractivity contribution is -0.912. The number of urea groups is 1. The molecular formula is C24H28N5O5+. The molecule has 0 radical (unpaired) electrons. The molecule has 10 heteroatoms. The van der Waals surface area contributed by atoms with Crippen molar-refractivity contribution >= 4 is 23.5 Å². The zero-order chi connectivity index (χ0) is 24.4. The highest BCUT2D eigenvalue weighted by Gasteiger charge is 2.43. The van der Waals surface area contributed by atoms with Gasteiger partial charge in [0, 0.05) is 20.6 Å². The molecule has 4 unspecified atom stereocenters. The second kappa shape index (κ2) is 9.62. The van der Waals surface area contributed by atoms with Crippen LogP contribution in [0.1, 0.15) is 17.2 Å². The first-order chi connectivity index (χ1) is 16.3. The van der Waals surface area contributed by atoms with Crippen molar-refractivity contribution < 1.29 is 29.1 Å². The first-order valence-corrected chi connectivity index (χ1v) is 10.8. The third-order valence-corrected chi connectivity index (χ3v) is 6.17. The summed E-state index contributed by atoms with van der Waals surface area (Å²) < 4.78 is 11.2. The second-order valence-electron chi connectivity index (χ2n) is 8.26. The molecule has 3 amide bonds. The van der Waals surface area contributed by atoms with Crippen LogP contribution < -0.4 is 15.0 Å². The number of likely N-dealkylation sites (N-methyl/N-ethyl adjacent to an activating group) is 2. The molecule has 0 spiro atoms. The van der Waals surface area contributed by atoms with Crippen LogP contribution in [0.25, 0.3) is 0 Å². The average Bonchev–Trinajstić information content (AvgIpc) is 3.27. The van der Waals surface area contributed by atoms with Crippen molar-refractivity contribution in [1.29, 1.82) is 0 Å². The number of amides is 3. The number of phenols is 1. The fourth-order valence-electron chi connectivity index (χ4n) is 4.17. The molecule has 2 aromatic rings. The number of hydrogen-bond acceptors (Lipinski definition) is 7. The predicted molar refractivity (Wildman–Crippen MR) is 125 cm³/mol. The molecule has 4 rings (SSSR count). The van der Waals surface area contributed by atoms with Gasteiger partial charge in [0.2, 0.25) is 5.84 Å². The number of imide groups is 1. The maximum atomic E-state index is 12.4. The summed E-state index contributed by atoms with van der Waals surface area (Å²) in [5.41, 5.74) is 2.69. The minimum atomic E-state index is -0.640. The predicted octanol–water partition coefficient (Wildman–Crippen LogP) is 0.533. The molecule has 2 aliphatic rings. The summed E-state index contributed by atoms with van der Waals surface area (Å²) in [5, 5.41) is 12.2. The first-order valence-electron chi connectivity index (χ1n) is 10.8. The molecule has 3 N–H and O–H groups in total. The van der Waals surface area contributed by atoms with E-state index in [1.165, 1.54) is 7.05 Å². The minimum Gasteiger partial charge on any atom is -0.508 e. The molecule has 0 aromatic heterocycles. The van der Waals surface area contributed by atoms with Gasteiger partial charge in [-0.2, -0.15) is 4.99 Å². The van der Waals surface area contributed by atoms with Crippen molar-refractivity contribution in [2.45, 2.75) is 24.9 Å². The van der Waals surface area contributed by atoms with Gasteiger partial charge in [-0.3, -0.25) is 19.9 Å². The Bertz CT molecular complexity index is 1130. The van der Waals surface area contributed by atoms with Crippen LogP contribution in [0.15, 0.2) is 58.5 Å². The Morgan fingerprint density at radius 2 is 1.82 bits per heavy atom. The highest BCUT2D eigenvalue weighted by Crippen LogP contribution is 2.26. The summed E-state index contributed by atoms with van der Waals surface area (Å²) >= 11 is 0. The quantitative estimate of drug-likeness (QED) is 0.515. The Morgan fingerprint density at radius 3 is 2.38 bits per heavy atom. The molecule has 2 aromatic carbocycles. The van der Waals surface area contributed by atoms with Crippen LogP contribution in [0.5, 0.6) is 11.5 Å². The molecule has 178 valence electrons. The Labute approximate surface area is 197 Å². The van der Waals surface area contributed by atoms with Crippen molar-refractivity contribution in [2.75, 3.05) is 28.3 Å². The Morgan fingerprint density at radius 1 is 1.15 bits per heavy atom. The zero-order valence-corrected chi connectivity index (χ0v) is 19.5. The number of ether oxygens (including phenoxy) is 2. The summed E-state index contributed by atoms with van der Waals surface area (Å²) in [4.78, 5) is 35.5. The summed E-state index contributed by atoms with van der Waals surface area (Å²) in [5.74, 6) is 0.416. The summed E-state index contributed by atoms with van der Waals surface area (Å²) in [6, 6.07) is 14.0. The number of methoxy groups -OCH3 is 2. The summed E-state index contributed by atoms with van der Waals surface area (Å²) in [6.07, 6.45) is -0.466.